The van der Waals surface area contributed by atoms with Crippen molar-refractivity contribution in [3.63, 3.8) is 0 Å². The van der Waals surface area contributed by atoms with Crippen molar-refractivity contribution in [1.82, 2.24) is 5.32 Å². The molecule has 7 nitrogen and oxygen atoms in total. The molecule has 0 saturated carbocycles. The average molecular weight is 245 g/mol. The van der Waals surface area contributed by atoms with E-state index in [2.05, 4.69) is 5.32 Å². The van der Waals surface area contributed by atoms with Crippen LogP contribution in [0.3, 0.4) is 0 Å². The van der Waals surface area contributed by atoms with Crippen molar-refractivity contribution in [2.24, 2.45) is 5.73 Å². The smallest absolute Gasteiger partial charge is 0.324 e. The highest BCUT2D eigenvalue weighted by molar-refractivity contribution is 7.15. The van der Waals surface area contributed by atoms with Crippen LogP contribution in [0.2, 0.25) is 0 Å². The van der Waals surface area contributed by atoms with E-state index in [1.165, 1.54) is 6.07 Å². The molecule has 0 fully saturated rings. The van der Waals surface area contributed by atoms with Gasteiger partial charge in [-0.15, -0.1) is 0 Å². The Labute approximate surface area is 95.0 Å². The molecular weight excluding hydrogens is 234 g/mol. The number of amides is 1. The number of aliphatic hydroxyl groups excluding tert-OH is 1. The summed E-state index contributed by atoms with van der Waals surface area (Å²) in [5.74, 6) is -0.801. The Morgan fingerprint density at radius 2 is 2.38 bits per heavy atom. The summed E-state index contributed by atoms with van der Waals surface area (Å²) in [7, 11) is 0. The molecule has 4 N–H and O–H groups in total. The molecule has 0 aliphatic rings. The normalized spacial score (nSPS) is 12.3. The van der Waals surface area contributed by atoms with Gasteiger partial charge in [0.15, 0.2) is 0 Å². The molecule has 0 aromatic carbocycles. The molecule has 1 rings (SSSR count). The summed E-state index contributed by atoms with van der Waals surface area (Å²) in [6.45, 7) is 0.379. The minimum Gasteiger partial charge on any atom is -0.382 e. The summed E-state index contributed by atoms with van der Waals surface area (Å²) in [4.78, 5) is 21.1. The van der Waals surface area contributed by atoms with Gasteiger partial charge in [-0.05, 0) is 6.07 Å². The van der Waals surface area contributed by atoms with Crippen molar-refractivity contribution in [2.75, 3.05) is 6.54 Å². The van der Waals surface area contributed by atoms with Crippen LogP contribution in [-0.2, 0) is 11.3 Å². The lowest BCUT2D eigenvalue weighted by Gasteiger charge is -2.06. The molecule has 0 saturated heterocycles. The largest absolute Gasteiger partial charge is 0.382 e. The van der Waals surface area contributed by atoms with Crippen molar-refractivity contribution in [3.8, 4) is 0 Å². The van der Waals surface area contributed by atoms with E-state index in [0.29, 0.717) is 6.54 Å². The zero-order valence-electron chi connectivity index (χ0n) is 8.25. The van der Waals surface area contributed by atoms with Crippen molar-refractivity contribution in [1.29, 1.82) is 0 Å². The zero-order chi connectivity index (χ0) is 12.1. The monoisotopic (exact) mass is 245 g/mol. The molecule has 1 heterocycles. The molecule has 0 bridgehead atoms. The zero-order valence-corrected chi connectivity index (χ0v) is 9.07. The fraction of sp³-hybridized carbons (Fsp3) is 0.375. The second-order valence-corrected chi connectivity index (χ2v) is 4.19. The molecule has 1 aromatic heterocycles. The van der Waals surface area contributed by atoms with Gasteiger partial charge in [0.2, 0.25) is 5.91 Å². The Morgan fingerprint density at radius 1 is 1.69 bits per heavy atom. The lowest BCUT2D eigenvalue weighted by atomic mass is 10.3. The number of aliphatic hydroxyl groups is 1. The van der Waals surface area contributed by atoms with Crippen LogP contribution in [0.25, 0.3) is 0 Å². The minimum atomic E-state index is -1.24. The third-order valence-corrected chi connectivity index (χ3v) is 2.83. The van der Waals surface area contributed by atoms with E-state index in [1.54, 1.807) is 6.07 Å². The minimum absolute atomic E-state index is 0.0288. The van der Waals surface area contributed by atoms with Crippen LogP contribution in [-0.4, -0.2) is 28.6 Å². The van der Waals surface area contributed by atoms with E-state index in [-0.39, 0.29) is 11.5 Å². The summed E-state index contributed by atoms with van der Waals surface area (Å²) in [6.07, 6.45) is -1.24. The number of hydrogen-bond acceptors (Lipinski definition) is 6. The Bertz CT molecular complexity index is 392. The van der Waals surface area contributed by atoms with Crippen LogP contribution in [0.4, 0.5) is 5.00 Å². The van der Waals surface area contributed by atoms with E-state index in [1.807, 2.05) is 0 Å². The number of nitro groups is 1. The molecule has 1 amide bonds. The number of rotatable bonds is 6. The Hall–Kier alpha value is -1.51. The summed E-state index contributed by atoms with van der Waals surface area (Å²) in [6, 6.07) is 3.03. The second-order valence-electron chi connectivity index (χ2n) is 3.05. The van der Waals surface area contributed by atoms with Gasteiger partial charge >= 0.3 is 5.00 Å². The molecule has 1 aromatic rings. The lowest BCUT2D eigenvalue weighted by Crippen LogP contribution is -2.37. The van der Waals surface area contributed by atoms with Gasteiger partial charge in [-0.25, -0.2) is 0 Å². The van der Waals surface area contributed by atoms with Crippen molar-refractivity contribution < 1.29 is 14.8 Å². The topological polar surface area (TPSA) is 118 Å². The van der Waals surface area contributed by atoms with Crippen molar-refractivity contribution >= 4 is 22.2 Å². The van der Waals surface area contributed by atoms with E-state index in [4.69, 9.17) is 10.8 Å². The number of nitrogens with two attached hydrogens (primary N) is 1. The maximum absolute atomic E-state index is 10.5. The van der Waals surface area contributed by atoms with Crippen LogP contribution in [0.15, 0.2) is 12.1 Å². The number of hydrogen-bond donors (Lipinski definition) is 3. The van der Waals surface area contributed by atoms with Crippen LogP contribution >= 0.6 is 11.3 Å². The van der Waals surface area contributed by atoms with Crippen LogP contribution in [0, 0.1) is 10.1 Å². The lowest BCUT2D eigenvalue weighted by molar-refractivity contribution is -0.380. The molecule has 0 spiro atoms. The molecule has 0 aliphatic heterocycles. The quantitative estimate of drug-likeness (QED) is 0.465. The van der Waals surface area contributed by atoms with E-state index in [9.17, 15) is 14.9 Å². The summed E-state index contributed by atoms with van der Waals surface area (Å²) in [5, 5.41) is 22.3. The van der Waals surface area contributed by atoms with Gasteiger partial charge < -0.3 is 16.2 Å². The number of carbonyl (C=O) groups excluding carboxylic acids is 1. The SMILES string of the molecule is NC(=O)C(O)CNCc1ccc([N+](=O)[O-])s1. The molecule has 88 valence electrons. The van der Waals surface area contributed by atoms with Gasteiger partial charge in [0.1, 0.15) is 6.10 Å². The molecule has 0 radical (unpaired) electrons. The Morgan fingerprint density at radius 3 is 2.88 bits per heavy atom. The Balaban J connectivity index is 2.37. The van der Waals surface area contributed by atoms with Crippen molar-refractivity contribution in [2.45, 2.75) is 12.6 Å². The first-order valence-corrected chi connectivity index (χ1v) is 5.23. The third kappa shape index (κ3) is 3.57. The highest BCUT2D eigenvalue weighted by Crippen LogP contribution is 2.23. The molecule has 8 heteroatoms. The molecular formula is C8H11N3O4S. The number of carbonyl (C=O) groups is 1. The summed E-state index contributed by atoms with van der Waals surface area (Å²) >= 11 is 1.04. The third-order valence-electron chi connectivity index (χ3n) is 1.79. The number of thiophene rings is 1. The fourth-order valence-corrected chi connectivity index (χ4v) is 1.78. The number of primary amides is 1. The van der Waals surface area contributed by atoms with Crippen LogP contribution < -0.4 is 11.1 Å². The average Bonchev–Trinajstić information content (AvgIpc) is 2.66. The molecule has 16 heavy (non-hydrogen) atoms. The number of nitrogens with one attached hydrogen (secondary N) is 1. The van der Waals surface area contributed by atoms with Gasteiger partial charge in [0.05, 0.1) is 4.92 Å². The van der Waals surface area contributed by atoms with E-state index < -0.39 is 16.9 Å². The number of nitrogens with zero attached hydrogens (tertiary/aromatic N) is 1. The molecule has 1 atom stereocenters. The maximum Gasteiger partial charge on any atom is 0.324 e. The fourth-order valence-electron chi connectivity index (χ4n) is 0.992. The predicted molar refractivity (Wildman–Crippen MR) is 57.9 cm³/mol. The standard InChI is InChI=1S/C8H11N3O4S/c9-8(13)6(12)4-10-3-5-1-2-7(16-5)11(14)15/h1-2,6,10,12H,3-4H2,(H2,9,13). The first-order chi connectivity index (χ1) is 7.50. The first kappa shape index (κ1) is 12.6. The maximum atomic E-state index is 10.5. The van der Waals surface area contributed by atoms with E-state index >= 15 is 0 Å². The first-order valence-electron chi connectivity index (χ1n) is 4.42. The summed E-state index contributed by atoms with van der Waals surface area (Å²) < 4.78 is 0. The second kappa shape index (κ2) is 5.54. The van der Waals surface area contributed by atoms with Gasteiger partial charge in [-0.2, -0.15) is 0 Å². The van der Waals surface area contributed by atoms with E-state index in [0.717, 1.165) is 16.2 Å². The Kier molecular flexibility index (Phi) is 4.35. The molecule has 1 unspecified atom stereocenters. The van der Waals surface area contributed by atoms with Gasteiger partial charge in [0, 0.05) is 24.0 Å². The van der Waals surface area contributed by atoms with Crippen LogP contribution in [0.1, 0.15) is 4.88 Å². The molecule has 0 aliphatic carbocycles. The summed E-state index contributed by atoms with van der Waals surface area (Å²) in [5.41, 5.74) is 4.84. The highest BCUT2D eigenvalue weighted by atomic mass is 32.1. The van der Waals surface area contributed by atoms with Crippen LogP contribution in [0.5, 0.6) is 0 Å². The highest BCUT2D eigenvalue weighted by Gasteiger charge is 2.12. The van der Waals surface area contributed by atoms with Gasteiger partial charge in [-0.1, -0.05) is 11.3 Å². The van der Waals surface area contributed by atoms with Crippen molar-refractivity contribution in [3.05, 3.63) is 27.1 Å². The predicted octanol–water partition coefficient (Wildman–Crippen LogP) is -0.408. The van der Waals surface area contributed by atoms with Gasteiger partial charge in [0.25, 0.3) is 0 Å². The van der Waals surface area contributed by atoms with Gasteiger partial charge in [-0.3, -0.25) is 14.9 Å².